The monoisotopic (exact) mass is 423 g/mol. The van der Waals surface area contributed by atoms with E-state index in [1.54, 1.807) is 7.11 Å². The summed E-state index contributed by atoms with van der Waals surface area (Å²) in [6.45, 7) is 3.90. The van der Waals surface area contributed by atoms with E-state index in [9.17, 15) is 9.90 Å². The van der Waals surface area contributed by atoms with Crippen molar-refractivity contribution in [1.29, 1.82) is 0 Å². The molecule has 1 unspecified atom stereocenters. The maximum absolute atomic E-state index is 13.2. The predicted octanol–water partition coefficient (Wildman–Crippen LogP) is 3.70. The van der Waals surface area contributed by atoms with Gasteiger partial charge in [0.05, 0.1) is 13.2 Å². The Morgan fingerprint density at radius 3 is 2.58 bits per heavy atom. The van der Waals surface area contributed by atoms with Crippen molar-refractivity contribution in [3.63, 3.8) is 0 Å². The molecule has 4 rings (SSSR count). The van der Waals surface area contributed by atoms with E-state index in [2.05, 4.69) is 22.9 Å². The summed E-state index contributed by atoms with van der Waals surface area (Å²) in [5.41, 5.74) is 3.70. The minimum absolute atomic E-state index is 0.0443. The van der Waals surface area contributed by atoms with Crippen molar-refractivity contribution in [2.24, 2.45) is 0 Å². The molecule has 0 aromatic heterocycles. The van der Waals surface area contributed by atoms with E-state index in [4.69, 9.17) is 4.74 Å². The number of ether oxygens (including phenoxy) is 1. The first-order valence-electron chi connectivity index (χ1n) is 11.3. The van der Waals surface area contributed by atoms with Crippen molar-refractivity contribution in [3.05, 3.63) is 53.6 Å². The van der Waals surface area contributed by atoms with Crippen LogP contribution in [0.15, 0.2) is 42.5 Å². The quantitative estimate of drug-likeness (QED) is 0.816. The van der Waals surface area contributed by atoms with Gasteiger partial charge in [0.25, 0.3) is 5.91 Å². The molecule has 166 valence electrons. The number of carbonyl (C=O) groups is 1. The highest BCUT2D eigenvalue weighted by molar-refractivity contribution is 5.95. The normalized spacial score (nSPS) is 19.8. The van der Waals surface area contributed by atoms with Crippen molar-refractivity contribution in [1.82, 2.24) is 4.90 Å². The lowest BCUT2D eigenvalue weighted by molar-refractivity contribution is 0.0746. The van der Waals surface area contributed by atoms with E-state index in [0.717, 1.165) is 68.0 Å². The van der Waals surface area contributed by atoms with Crippen LogP contribution in [-0.2, 0) is 0 Å². The molecule has 2 aliphatic heterocycles. The van der Waals surface area contributed by atoms with Gasteiger partial charge in [-0.05, 0) is 43.2 Å². The Balaban J connectivity index is 1.47. The zero-order valence-corrected chi connectivity index (χ0v) is 18.6. The van der Waals surface area contributed by atoms with Gasteiger partial charge in [0.2, 0.25) is 0 Å². The standard InChI is InChI=1S/C25H33N3O3/c1-26-12-5-3-4-9-24(29)22-17-19(10-11-23(22)26)25(30)28-15-13-27(14-16-28)20-7-6-8-21(18-20)31-2/h6-8,10-11,17-18,24,29H,3-5,9,12-16H2,1-2H3. The first-order chi connectivity index (χ1) is 15.1. The number of benzene rings is 2. The van der Waals surface area contributed by atoms with Crippen LogP contribution in [0.1, 0.15) is 47.7 Å². The molecule has 0 aliphatic carbocycles. The summed E-state index contributed by atoms with van der Waals surface area (Å²) in [5, 5.41) is 10.8. The number of piperazine rings is 1. The Kier molecular flexibility index (Phi) is 6.66. The number of aliphatic hydroxyl groups excluding tert-OH is 1. The molecule has 1 N–H and O–H groups in total. The van der Waals surface area contributed by atoms with E-state index >= 15 is 0 Å². The number of rotatable bonds is 3. The van der Waals surface area contributed by atoms with Gasteiger partial charge in [-0.25, -0.2) is 0 Å². The molecular weight excluding hydrogens is 390 g/mol. The highest BCUT2D eigenvalue weighted by Crippen LogP contribution is 2.32. The smallest absolute Gasteiger partial charge is 0.253 e. The van der Waals surface area contributed by atoms with Gasteiger partial charge in [0.15, 0.2) is 0 Å². The molecule has 0 radical (unpaired) electrons. The lowest BCUT2D eigenvalue weighted by Gasteiger charge is -2.36. The summed E-state index contributed by atoms with van der Waals surface area (Å²) >= 11 is 0. The number of methoxy groups -OCH3 is 1. The van der Waals surface area contributed by atoms with E-state index in [1.807, 2.05) is 41.3 Å². The largest absolute Gasteiger partial charge is 0.497 e. The van der Waals surface area contributed by atoms with Crippen molar-refractivity contribution in [3.8, 4) is 5.75 Å². The summed E-state index contributed by atoms with van der Waals surface area (Å²) in [4.78, 5) is 19.6. The van der Waals surface area contributed by atoms with Crippen LogP contribution in [0.25, 0.3) is 0 Å². The van der Waals surface area contributed by atoms with Crippen LogP contribution in [0.4, 0.5) is 11.4 Å². The van der Waals surface area contributed by atoms with Crippen molar-refractivity contribution < 1.29 is 14.6 Å². The zero-order chi connectivity index (χ0) is 21.8. The van der Waals surface area contributed by atoms with Gasteiger partial charge in [0, 0.05) is 68.3 Å². The van der Waals surface area contributed by atoms with Crippen LogP contribution < -0.4 is 14.5 Å². The average molecular weight is 424 g/mol. The number of hydrogen-bond acceptors (Lipinski definition) is 5. The lowest BCUT2D eigenvalue weighted by atomic mass is 9.99. The van der Waals surface area contributed by atoms with Crippen LogP contribution in [-0.4, -0.2) is 62.8 Å². The SMILES string of the molecule is COc1cccc(N2CCN(C(=O)c3ccc4c(c3)C(O)CCCCCN4C)CC2)c1. The molecule has 1 amide bonds. The highest BCUT2D eigenvalue weighted by Gasteiger charge is 2.25. The fraction of sp³-hybridized carbons (Fsp3) is 0.480. The number of aliphatic hydroxyl groups is 1. The van der Waals surface area contributed by atoms with Crippen LogP contribution in [0.2, 0.25) is 0 Å². The molecule has 1 atom stereocenters. The molecule has 31 heavy (non-hydrogen) atoms. The second kappa shape index (κ2) is 9.60. The third-order valence-electron chi connectivity index (χ3n) is 6.50. The molecule has 0 bridgehead atoms. The Morgan fingerprint density at radius 2 is 1.81 bits per heavy atom. The first-order valence-corrected chi connectivity index (χ1v) is 11.3. The minimum atomic E-state index is -0.520. The van der Waals surface area contributed by atoms with E-state index in [0.29, 0.717) is 18.7 Å². The van der Waals surface area contributed by atoms with Crippen molar-refractivity contribution >= 4 is 17.3 Å². The van der Waals surface area contributed by atoms with Crippen LogP contribution in [0.5, 0.6) is 5.75 Å². The van der Waals surface area contributed by atoms with Crippen LogP contribution in [0.3, 0.4) is 0 Å². The minimum Gasteiger partial charge on any atom is -0.497 e. The maximum Gasteiger partial charge on any atom is 0.253 e. The number of amides is 1. The molecule has 2 heterocycles. The second-order valence-corrected chi connectivity index (χ2v) is 8.54. The molecule has 6 heteroatoms. The average Bonchev–Trinajstić information content (AvgIpc) is 2.88. The first kappa shape index (κ1) is 21.5. The van der Waals surface area contributed by atoms with Gasteiger partial charge in [-0.1, -0.05) is 18.9 Å². The molecular formula is C25H33N3O3. The van der Waals surface area contributed by atoms with Gasteiger partial charge in [0.1, 0.15) is 5.75 Å². The molecule has 1 fully saturated rings. The topological polar surface area (TPSA) is 56.3 Å². The van der Waals surface area contributed by atoms with E-state index < -0.39 is 6.10 Å². The highest BCUT2D eigenvalue weighted by atomic mass is 16.5. The van der Waals surface area contributed by atoms with Gasteiger partial charge in [-0.2, -0.15) is 0 Å². The number of hydrogen-bond donors (Lipinski definition) is 1. The molecule has 2 aliphatic rings. The van der Waals surface area contributed by atoms with Crippen LogP contribution >= 0.6 is 0 Å². The third-order valence-corrected chi connectivity index (χ3v) is 6.50. The lowest BCUT2D eigenvalue weighted by Crippen LogP contribution is -2.48. The summed E-state index contributed by atoms with van der Waals surface area (Å²) in [6, 6.07) is 13.9. The second-order valence-electron chi connectivity index (χ2n) is 8.54. The summed E-state index contributed by atoms with van der Waals surface area (Å²) < 4.78 is 5.33. The van der Waals surface area contributed by atoms with Crippen molar-refractivity contribution in [2.45, 2.75) is 31.8 Å². The van der Waals surface area contributed by atoms with Gasteiger partial charge >= 0.3 is 0 Å². The number of nitrogens with zero attached hydrogens (tertiary/aromatic N) is 3. The van der Waals surface area contributed by atoms with Crippen LogP contribution in [0, 0.1) is 0 Å². The van der Waals surface area contributed by atoms with Gasteiger partial charge in [-0.15, -0.1) is 0 Å². The summed E-state index contributed by atoms with van der Waals surface area (Å²) in [6.07, 6.45) is 3.49. The van der Waals surface area contributed by atoms with E-state index in [1.165, 1.54) is 0 Å². The maximum atomic E-state index is 13.2. The Bertz CT molecular complexity index is 909. The Labute approximate surface area is 185 Å². The molecule has 2 aromatic rings. The fourth-order valence-corrected chi connectivity index (χ4v) is 4.60. The fourth-order valence-electron chi connectivity index (χ4n) is 4.60. The molecule has 0 spiro atoms. The molecule has 1 saturated heterocycles. The van der Waals surface area contributed by atoms with Gasteiger partial charge in [-0.3, -0.25) is 4.79 Å². The zero-order valence-electron chi connectivity index (χ0n) is 18.6. The molecule has 6 nitrogen and oxygen atoms in total. The summed E-state index contributed by atoms with van der Waals surface area (Å²) in [5.74, 6) is 0.888. The third kappa shape index (κ3) is 4.79. The van der Waals surface area contributed by atoms with Crippen molar-refractivity contribution in [2.75, 3.05) is 56.7 Å². The molecule has 0 saturated carbocycles. The number of fused-ring (bicyclic) bond motifs is 1. The Hall–Kier alpha value is -2.73. The van der Waals surface area contributed by atoms with E-state index in [-0.39, 0.29) is 5.91 Å². The van der Waals surface area contributed by atoms with Gasteiger partial charge < -0.3 is 24.5 Å². The Morgan fingerprint density at radius 1 is 1.00 bits per heavy atom. The predicted molar refractivity (Wildman–Crippen MR) is 124 cm³/mol. The number of carbonyl (C=O) groups excluding carboxylic acids is 1. The number of anilines is 2. The summed E-state index contributed by atoms with van der Waals surface area (Å²) in [7, 11) is 3.74. The molecule has 2 aromatic carbocycles.